The number of fused-ring (bicyclic) bond motifs is 1. The van der Waals surface area contributed by atoms with Crippen LogP contribution in [0.4, 0.5) is 11.4 Å². The number of nitrogens with zero attached hydrogens (tertiary/aromatic N) is 1. The monoisotopic (exact) mass is 500 g/mol. The van der Waals surface area contributed by atoms with Gasteiger partial charge in [-0.2, -0.15) is 0 Å². The Morgan fingerprint density at radius 1 is 1.06 bits per heavy atom. The normalized spacial score (nSPS) is 15.0. The quantitative estimate of drug-likeness (QED) is 0.511. The third kappa shape index (κ3) is 4.32. The summed E-state index contributed by atoms with van der Waals surface area (Å²) in [4.78, 5) is 23.8. The minimum absolute atomic E-state index is 0.0593. The van der Waals surface area contributed by atoms with Gasteiger partial charge in [-0.1, -0.05) is 24.6 Å². The Balaban J connectivity index is 1.67. The number of nitrogens with one attached hydrogen (secondary N) is 1. The van der Waals surface area contributed by atoms with Crippen molar-refractivity contribution in [3.8, 4) is 5.75 Å². The molecule has 0 fully saturated rings. The van der Waals surface area contributed by atoms with E-state index in [9.17, 15) is 18.0 Å². The molecule has 176 valence electrons. The number of sulfonamides is 1. The molecule has 1 amide bonds. The highest BCUT2D eigenvalue weighted by molar-refractivity contribution is 7.93. The van der Waals surface area contributed by atoms with Crippen LogP contribution < -0.4 is 14.4 Å². The summed E-state index contributed by atoms with van der Waals surface area (Å²) in [5, 5.41) is 12.0. The second-order valence-corrected chi connectivity index (χ2v) is 10.1. The molecule has 0 spiro atoms. The van der Waals surface area contributed by atoms with Crippen LogP contribution in [0, 0.1) is 0 Å². The Labute approximate surface area is 201 Å². The smallest absolute Gasteiger partial charge is 0.335 e. The SMILES string of the molecule is COc1ccc(Cl)cc1S(=O)(=O)N1C[C@@H](C)c2ccc(C(=O)Nc3ccc(C(=O)O)cc3)cc21. The van der Waals surface area contributed by atoms with E-state index in [2.05, 4.69) is 5.32 Å². The molecule has 1 atom stereocenters. The molecule has 2 N–H and O–H groups in total. The predicted octanol–water partition coefficient (Wildman–Crippen LogP) is 4.61. The first-order chi connectivity index (χ1) is 16.1. The van der Waals surface area contributed by atoms with E-state index in [0.717, 1.165) is 5.56 Å². The third-order valence-corrected chi connectivity index (χ3v) is 7.65. The van der Waals surface area contributed by atoms with E-state index in [1.54, 1.807) is 18.2 Å². The fourth-order valence-electron chi connectivity index (χ4n) is 3.86. The van der Waals surface area contributed by atoms with Gasteiger partial charge < -0.3 is 15.2 Å². The summed E-state index contributed by atoms with van der Waals surface area (Å²) in [7, 11) is -2.64. The van der Waals surface area contributed by atoms with Crippen molar-refractivity contribution in [2.75, 3.05) is 23.3 Å². The zero-order valence-corrected chi connectivity index (χ0v) is 19.9. The van der Waals surface area contributed by atoms with Crippen LogP contribution in [0.15, 0.2) is 65.6 Å². The van der Waals surface area contributed by atoms with Crippen molar-refractivity contribution >= 4 is 44.9 Å². The van der Waals surface area contributed by atoms with Crippen molar-refractivity contribution in [2.24, 2.45) is 0 Å². The molecule has 0 radical (unpaired) electrons. The molecule has 1 aliphatic heterocycles. The number of amides is 1. The van der Waals surface area contributed by atoms with Gasteiger partial charge in [0.05, 0.1) is 18.4 Å². The first-order valence-electron chi connectivity index (χ1n) is 10.3. The number of anilines is 2. The van der Waals surface area contributed by atoms with E-state index in [4.69, 9.17) is 21.4 Å². The van der Waals surface area contributed by atoms with Crippen molar-refractivity contribution in [3.63, 3.8) is 0 Å². The fraction of sp³-hybridized carbons (Fsp3) is 0.167. The molecule has 4 rings (SSSR count). The standard InChI is InChI=1S/C24H21ClN2O6S/c1-14-13-27(34(31,32)22-12-17(25)6-10-21(22)33-2)20-11-16(5-9-19(14)20)23(28)26-18-7-3-15(4-8-18)24(29)30/h3-12,14H,13H2,1-2H3,(H,26,28)(H,29,30)/t14-/m1/s1. The number of carboxylic acids is 1. The van der Waals surface area contributed by atoms with Crippen molar-refractivity contribution in [1.29, 1.82) is 0 Å². The number of ether oxygens (including phenoxy) is 1. The van der Waals surface area contributed by atoms with Crippen LogP contribution >= 0.6 is 11.6 Å². The van der Waals surface area contributed by atoms with Gasteiger partial charge in [0.1, 0.15) is 10.6 Å². The van der Waals surface area contributed by atoms with Crippen molar-refractivity contribution in [1.82, 2.24) is 0 Å². The predicted molar refractivity (Wildman–Crippen MR) is 129 cm³/mol. The van der Waals surface area contributed by atoms with Gasteiger partial charge in [0.15, 0.2) is 0 Å². The van der Waals surface area contributed by atoms with Crippen molar-refractivity contribution < 1.29 is 27.9 Å². The highest BCUT2D eigenvalue weighted by Gasteiger charge is 2.37. The van der Waals surface area contributed by atoms with Gasteiger partial charge in [-0.3, -0.25) is 9.10 Å². The molecule has 8 nitrogen and oxygen atoms in total. The molecule has 1 aliphatic rings. The maximum atomic E-state index is 13.6. The Morgan fingerprint density at radius 2 is 1.74 bits per heavy atom. The summed E-state index contributed by atoms with van der Waals surface area (Å²) in [5.41, 5.74) is 1.97. The van der Waals surface area contributed by atoms with Gasteiger partial charge in [0.25, 0.3) is 15.9 Å². The van der Waals surface area contributed by atoms with Crippen LogP contribution in [0.5, 0.6) is 5.75 Å². The first-order valence-corrected chi connectivity index (χ1v) is 12.1. The molecule has 0 unspecified atom stereocenters. The molecule has 0 bridgehead atoms. The lowest BCUT2D eigenvalue weighted by Crippen LogP contribution is -2.30. The van der Waals surface area contributed by atoms with Crippen molar-refractivity contribution in [3.05, 3.63) is 82.4 Å². The van der Waals surface area contributed by atoms with Crippen LogP contribution in [0.3, 0.4) is 0 Å². The van der Waals surface area contributed by atoms with Crippen LogP contribution in [0.25, 0.3) is 0 Å². The van der Waals surface area contributed by atoms with E-state index < -0.39 is 21.9 Å². The van der Waals surface area contributed by atoms with E-state index in [0.29, 0.717) is 11.4 Å². The zero-order valence-electron chi connectivity index (χ0n) is 18.3. The van der Waals surface area contributed by atoms with E-state index >= 15 is 0 Å². The number of methoxy groups -OCH3 is 1. The molecular weight excluding hydrogens is 480 g/mol. The molecule has 0 saturated carbocycles. The Morgan fingerprint density at radius 3 is 2.38 bits per heavy atom. The fourth-order valence-corrected chi connectivity index (χ4v) is 5.85. The maximum Gasteiger partial charge on any atom is 0.335 e. The van der Waals surface area contributed by atoms with Gasteiger partial charge in [-0.15, -0.1) is 0 Å². The number of rotatable bonds is 6. The second-order valence-electron chi connectivity index (χ2n) is 7.84. The highest BCUT2D eigenvalue weighted by atomic mass is 35.5. The lowest BCUT2D eigenvalue weighted by Gasteiger charge is -2.22. The number of carboxylic acid groups (broad SMARTS) is 1. The summed E-state index contributed by atoms with van der Waals surface area (Å²) >= 11 is 6.06. The third-order valence-electron chi connectivity index (χ3n) is 5.62. The number of hydrogen-bond donors (Lipinski definition) is 2. The number of carbonyl (C=O) groups is 2. The van der Waals surface area contributed by atoms with Gasteiger partial charge >= 0.3 is 5.97 Å². The lowest BCUT2D eigenvalue weighted by molar-refractivity contribution is 0.0696. The molecule has 0 aromatic heterocycles. The van der Waals surface area contributed by atoms with Gasteiger partial charge in [-0.05, 0) is 60.2 Å². The number of hydrogen-bond acceptors (Lipinski definition) is 5. The molecule has 10 heteroatoms. The van der Waals surface area contributed by atoms with Gasteiger partial charge in [0, 0.05) is 28.7 Å². The number of halogens is 1. The molecule has 0 aliphatic carbocycles. The van der Waals surface area contributed by atoms with E-state index in [1.165, 1.54) is 53.9 Å². The van der Waals surface area contributed by atoms with E-state index in [-0.39, 0.29) is 39.3 Å². The van der Waals surface area contributed by atoms with Gasteiger partial charge in [0.2, 0.25) is 0 Å². The molecule has 3 aromatic carbocycles. The molecule has 0 saturated heterocycles. The lowest BCUT2D eigenvalue weighted by atomic mass is 10.0. The number of benzene rings is 3. The average Bonchev–Trinajstić information content (AvgIpc) is 3.16. The van der Waals surface area contributed by atoms with Crippen molar-refractivity contribution in [2.45, 2.75) is 17.7 Å². The molecule has 34 heavy (non-hydrogen) atoms. The number of aromatic carboxylic acids is 1. The second kappa shape index (κ2) is 9.00. The summed E-state index contributed by atoms with van der Waals surface area (Å²) in [5.74, 6) is -1.44. The Kier molecular flexibility index (Phi) is 6.24. The van der Waals surface area contributed by atoms with Crippen LogP contribution in [-0.4, -0.2) is 39.1 Å². The maximum absolute atomic E-state index is 13.6. The van der Waals surface area contributed by atoms with E-state index in [1.807, 2.05) is 6.92 Å². The van der Waals surface area contributed by atoms with Crippen LogP contribution in [0.1, 0.15) is 39.1 Å². The minimum atomic E-state index is -4.03. The zero-order chi connectivity index (χ0) is 24.6. The summed E-state index contributed by atoms with van der Waals surface area (Å²) in [6, 6.07) is 15.0. The first kappa shape index (κ1) is 23.6. The molecule has 3 aromatic rings. The highest BCUT2D eigenvalue weighted by Crippen LogP contribution is 2.42. The Bertz CT molecular complexity index is 1390. The van der Waals surface area contributed by atoms with Crippen LogP contribution in [0.2, 0.25) is 5.02 Å². The minimum Gasteiger partial charge on any atom is -0.495 e. The average molecular weight is 501 g/mol. The van der Waals surface area contributed by atoms with Gasteiger partial charge in [-0.25, -0.2) is 13.2 Å². The summed E-state index contributed by atoms with van der Waals surface area (Å²) in [6.07, 6.45) is 0. The summed E-state index contributed by atoms with van der Waals surface area (Å²) < 4.78 is 33.7. The van der Waals surface area contributed by atoms with Crippen LogP contribution in [-0.2, 0) is 10.0 Å². The summed E-state index contributed by atoms with van der Waals surface area (Å²) in [6.45, 7) is 2.11. The largest absolute Gasteiger partial charge is 0.495 e. The number of carbonyl (C=O) groups excluding carboxylic acids is 1. The molecular formula is C24H21ClN2O6S. The topological polar surface area (TPSA) is 113 Å². The Hall–Kier alpha value is -3.56. The molecule has 1 heterocycles.